The van der Waals surface area contributed by atoms with Crippen LogP contribution < -0.4 is 5.32 Å². The smallest absolute Gasteiger partial charge is 0.267 e. The summed E-state index contributed by atoms with van der Waals surface area (Å²) in [6.45, 7) is 2.72. The van der Waals surface area contributed by atoms with Gasteiger partial charge in [0, 0.05) is 29.8 Å². The fourth-order valence-electron chi connectivity index (χ4n) is 3.95. The summed E-state index contributed by atoms with van der Waals surface area (Å²) in [7, 11) is 0. The maximum absolute atomic E-state index is 13.2. The van der Waals surface area contributed by atoms with Crippen molar-refractivity contribution in [2.75, 3.05) is 5.32 Å². The number of carbonyl (C=O) groups excluding carboxylic acids is 1. The number of halogens is 1. The normalized spacial score (nSPS) is 13.4. The topological polar surface area (TPSA) is 72.7 Å². The fraction of sp³-hybridized carbons (Fsp3) is 0.250. The second kappa shape index (κ2) is 8.63. The van der Waals surface area contributed by atoms with Crippen molar-refractivity contribution in [2.45, 2.75) is 39.2 Å². The molecule has 1 N–H and O–H groups in total. The number of fused-ring (bicyclic) bond motifs is 1. The van der Waals surface area contributed by atoms with Crippen LogP contribution in [0, 0.1) is 12.7 Å². The minimum Gasteiger partial charge on any atom is -0.321 e. The van der Waals surface area contributed by atoms with Gasteiger partial charge >= 0.3 is 0 Å². The Kier molecular flexibility index (Phi) is 5.53. The zero-order valence-corrected chi connectivity index (χ0v) is 18.5. The molecule has 0 saturated heterocycles. The molecule has 0 fully saturated rings. The van der Waals surface area contributed by atoms with Crippen LogP contribution in [0.1, 0.15) is 40.5 Å². The third-order valence-corrected chi connectivity index (χ3v) is 6.79. The van der Waals surface area contributed by atoms with Gasteiger partial charge in [-0.2, -0.15) is 0 Å². The molecule has 5 rings (SSSR count). The molecule has 3 heterocycles. The number of hydrogen-bond donors (Lipinski definition) is 1. The van der Waals surface area contributed by atoms with Gasteiger partial charge in [0.25, 0.3) is 5.91 Å². The van der Waals surface area contributed by atoms with E-state index >= 15 is 0 Å². The molecule has 32 heavy (non-hydrogen) atoms. The maximum Gasteiger partial charge on any atom is 0.267 e. The van der Waals surface area contributed by atoms with Crippen LogP contribution in [0.2, 0.25) is 0 Å². The highest BCUT2D eigenvalue weighted by molar-refractivity contribution is 7.17. The third-order valence-electron chi connectivity index (χ3n) is 5.58. The second-order valence-electron chi connectivity index (χ2n) is 7.88. The van der Waals surface area contributed by atoms with Crippen molar-refractivity contribution < 1.29 is 9.18 Å². The molecule has 0 bridgehead atoms. The number of thiazole rings is 1. The number of nitrogens with zero attached hydrogens (tertiary/aromatic N) is 4. The Bertz CT molecular complexity index is 1280. The van der Waals surface area contributed by atoms with Crippen molar-refractivity contribution >= 4 is 22.9 Å². The van der Waals surface area contributed by atoms with Gasteiger partial charge in [-0.05, 0) is 56.2 Å². The highest BCUT2D eigenvalue weighted by Crippen LogP contribution is 2.29. The van der Waals surface area contributed by atoms with E-state index in [1.807, 2.05) is 24.3 Å². The summed E-state index contributed by atoms with van der Waals surface area (Å²) in [6.07, 6.45) is 4.41. The van der Waals surface area contributed by atoms with E-state index in [0.717, 1.165) is 48.6 Å². The van der Waals surface area contributed by atoms with Crippen LogP contribution in [-0.2, 0) is 13.0 Å². The summed E-state index contributed by atoms with van der Waals surface area (Å²) in [5, 5.41) is 12.5. The van der Waals surface area contributed by atoms with Gasteiger partial charge in [0.2, 0.25) is 0 Å². The first-order valence-electron chi connectivity index (χ1n) is 10.7. The molecule has 0 spiro atoms. The van der Waals surface area contributed by atoms with E-state index < -0.39 is 0 Å². The Labute approximate surface area is 189 Å². The minimum absolute atomic E-state index is 0.217. The minimum atomic E-state index is -0.301. The Hall–Kier alpha value is -3.39. The van der Waals surface area contributed by atoms with Crippen LogP contribution in [0.15, 0.2) is 48.5 Å². The average Bonchev–Trinajstić information content (AvgIpc) is 3.30. The molecule has 0 atom stereocenters. The largest absolute Gasteiger partial charge is 0.321 e. The number of hydrogen-bond acceptors (Lipinski definition) is 5. The van der Waals surface area contributed by atoms with Crippen molar-refractivity contribution in [2.24, 2.45) is 0 Å². The highest BCUT2D eigenvalue weighted by atomic mass is 32.1. The lowest BCUT2D eigenvalue weighted by molar-refractivity contribution is 0.103. The van der Waals surface area contributed by atoms with E-state index in [0.29, 0.717) is 21.3 Å². The monoisotopic (exact) mass is 447 g/mol. The van der Waals surface area contributed by atoms with Crippen molar-refractivity contribution in [3.05, 3.63) is 70.7 Å². The molecule has 1 aliphatic rings. The van der Waals surface area contributed by atoms with Gasteiger partial charge in [0.15, 0.2) is 5.82 Å². The molecule has 0 aliphatic carbocycles. The summed E-state index contributed by atoms with van der Waals surface area (Å²) >= 11 is 1.30. The standard InChI is InChI=1S/C24H22FN5OS/c1-15-21(32-24(26-15)16-9-11-18(25)12-10-16)23(31)27-19-7-5-6-17(14-19)22-29-28-20-8-3-2-4-13-30(20)22/h5-7,9-12,14H,2-4,8,13H2,1H3,(H,27,31). The first kappa shape index (κ1) is 20.5. The first-order valence-corrected chi connectivity index (χ1v) is 11.5. The average molecular weight is 448 g/mol. The molecule has 2 aromatic heterocycles. The zero-order valence-electron chi connectivity index (χ0n) is 17.6. The Morgan fingerprint density at radius 3 is 2.75 bits per heavy atom. The predicted molar refractivity (Wildman–Crippen MR) is 123 cm³/mol. The van der Waals surface area contributed by atoms with Gasteiger partial charge in [-0.25, -0.2) is 9.37 Å². The van der Waals surface area contributed by atoms with E-state index in [-0.39, 0.29) is 11.7 Å². The number of rotatable bonds is 4. The summed E-state index contributed by atoms with van der Waals surface area (Å²) in [5.41, 5.74) is 3.05. The molecule has 0 unspecified atom stereocenters. The maximum atomic E-state index is 13.2. The van der Waals surface area contributed by atoms with Gasteiger partial charge in [-0.15, -0.1) is 21.5 Å². The van der Waals surface area contributed by atoms with Crippen LogP contribution in [0.4, 0.5) is 10.1 Å². The molecule has 162 valence electrons. The van der Waals surface area contributed by atoms with Crippen LogP contribution in [0.25, 0.3) is 22.0 Å². The molecular weight excluding hydrogens is 425 g/mol. The van der Waals surface area contributed by atoms with Crippen molar-refractivity contribution in [1.29, 1.82) is 0 Å². The molecule has 2 aromatic carbocycles. The number of aryl methyl sites for hydroxylation is 2. The molecule has 8 heteroatoms. The SMILES string of the molecule is Cc1nc(-c2ccc(F)cc2)sc1C(=O)Nc1cccc(-c2nnc3n2CCCCC3)c1. The molecule has 0 saturated carbocycles. The van der Waals surface area contributed by atoms with Gasteiger partial charge in [0.1, 0.15) is 21.5 Å². The number of carbonyl (C=O) groups is 1. The number of benzene rings is 2. The highest BCUT2D eigenvalue weighted by Gasteiger charge is 2.19. The third kappa shape index (κ3) is 4.05. The molecule has 1 amide bonds. The Morgan fingerprint density at radius 2 is 1.91 bits per heavy atom. The molecular formula is C24H22FN5OS. The van der Waals surface area contributed by atoms with Crippen LogP contribution >= 0.6 is 11.3 Å². The van der Waals surface area contributed by atoms with Gasteiger partial charge in [-0.1, -0.05) is 18.6 Å². The van der Waals surface area contributed by atoms with E-state index in [4.69, 9.17) is 0 Å². The van der Waals surface area contributed by atoms with Crippen LogP contribution in [0.5, 0.6) is 0 Å². The van der Waals surface area contributed by atoms with Gasteiger partial charge < -0.3 is 9.88 Å². The number of aromatic nitrogens is 4. The lowest BCUT2D eigenvalue weighted by Gasteiger charge is -2.09. The van der Waals surface area contributed by atoms with Crippen molar-refractivity contribution in [1.82, 2.24) is 19.7 Å². The van der Waals surface area contributed by atoms with E-state index in [2.05, 4.69) is 25.1 Å². The second-order valence-corrected chi connectivity index (χ2v) is 8.88. The van der Waals surface area contributed by atoms with E-state index in [1.165, 1.54) is 29.9 Å². The summed E-state index contributed by atoms with van der Waals surface area (Å²) in [4.78, 5) is 18.0. The quantitative estimate of drug-likeness (QED) is 0.449. The summed E-state index contributed by atoms with van der Waals surface area (Å²) in [6, 6.07) is 13.8. The van der Waals surface area contributed by atoms with E-state index in [1.54, 1.807) is 19.1 Å². The lowest BCUT2D eigenvalue weighted by Crippen LogP contribution is -2.11. The summed E-state index contributed by atoms with van der Waals surface area (Å²) < 4.78 is 15.4. The van der Waals surface area contributed by atoms with Crippen molar-refractivity contribution in [3.63, 3.8) is 0 Å². The molecule has 1 aliphatic heterocycles. The lowest BCUT2D eigenvalue weighted by atomic mass is 10.2. The van der Waals surface area contributed by atoms with Crippen LogP contribution in [-0.4, -0.2) is 25.7 Å². The number of nitrogens with one attached hydrogen (secondary N) is 1. The zero-order chi connectivity index (χ0) is 22.1. The van der Waals surface area contributed by atoms with Crippen LogP contribution in [0.3, 0.4) is 0 Å². The van der Waals surface area contributed by atoms with Gasteiger partial charge in [-0.3, -0.25) is 4.79 Å². The predicted octanol–water partition coefficient (Wildman–Crippen LogP) is 5.49. The molecule has 4 aromatic rings. The molecule has 0 radical (unpaired) electrons. The fourth-order valence-corrected chi connectivity index (χ4v) is 4.91. The van der Waals surface area contributed by atoms with Gasteiger partial charge in [0.05, 0.1) is 5.69 Å². The Balaban J connectivity index is 1.38. The summed E-state index contributed by atoms with van der Waals surface area (Å²) in [5.74, 6) is 1.35. The number of anilines is 1. The molecule has 6 nitrogen and oxygen atoms in total. The number of amides is 1. The Morgan fingerprint density at radius 1 is 1.06 bits per heavy atom. The first-order chi connectivity index (χ1) is 15.6. The van der Waals surface area contributed by atoms with E-state index in [9.17, 15) is 9.18 Å². The van der Waals surface area contributed by atoms with Crippen molar-refractivity contribution in [3.8, 4) is 22.0 Å².